The van der Waals surface area contributed by atoms with Gasteiger partial charge in [0, 0.05) is 35.3 Å². The molecule has 0 radical (unpaired) electrons. The number of benzene rings is 3. The molecule has 4 aromatic rings. The van der Waals surface area contributed by atoms with Crippen LogP contribution in [0.15, 0.2) is 60.7 Å². The van der Waals surface area contributed by atoms with Crippen LogP contribution in [-0.4, -0.2) is 32.9 Å². The van der Waals surface area contributed by atoms with E-state index in [-0.39, 0.29) is 5.91 Å². The average molecular weight is 552 g/mol. The first-order valence-electron chi connectivity index (χ1n) is 13.2. The lowest BCUT2D eigenvalue weighted by atomic mass is 9.93. The van der Waals surface area contributed by atoms with E-state index < -0.39 is 0 Å². The number of anilines is 1. The number of hydrogen-bond donors (Lipinski definition) is 1. The first kappa shape index (κ1) is 26.4. The SMILES string of the molecule is CCCN(C(=O)c1cccc(Cn2c(N)nc3ccc(Oc4cc(Cl)ccc4Cl)cc32)c1)C1CCCCC1. The van der Waals surface area contributed by atoms with Gasteiger partial charge in [0.2, 0.25) is 5.95 Å². The molecule has 1 fully saturated rings. The lowest BCUT2D eigenvalue weighted by molar-refractivity contribution is 0.0634. The molecular formula is C30H32Cl2N4O2. The Labute approximate surface area is 233 Å². The van der Waals surface area contributed by atoms with Gasteiger partial charge >= 0.3 is 0 Å². The van der Waals surface area contributed by atoms with Crippen molar-refractivity contribution in [1.29, 1.82) is 0 Å². The quantitative estimate of drug-likeness (QED) is 0.241. The molecule has 1 aliphatic rings. The number of imidazole rings is 1. The summed E-state index contributed by atoms with van der Waals surface area (Å²) in [7, 11) is 0. The van der Waals surface area contributed by atoms with Crippen LogP contribution in [0.25, 0.3) is 11.0 Å². The van der Waals surface area contributed by atoms with Gasteiger partial charge in [0.25, 0.3) is 5.91 Å². The van der Waals surface area contributed by atoms with Crippen molar-refractivity contribution in [1.82, 2.24) is 14.5 Å². The van der Waals surface area contributed by atoms with Gasteiger partial charge in [0.1, 0.15) is 11.5 Å². The van der Waals surface area contributed by atoms with E-state index in [0.29, 0.717) is 45.6 Å². The van der Waals surface area contributed by atoms with Gasteiger partial charge in [-0.05, 0) is 61.2 Å². The minimum Gasteiger partial charge on any atom is -0.456 e. The Kier molecular flexibility index (Phi) is 8.10. The third-order valence-corrected chi connectivity index (χ3v) is 7.67. The molecule has 1 aliphatic carbocycles. The molecule has 6 nitrogen and oxygen atoms in total. The summed E-state index contributed by atoms with van der Waals surface area (Å²) in [5.41, 5.74) is 9.60. The highest BCUT2D eigenvalue weighted by molar-refractivity contribution is 6.34. The zero-order chi connectivity index (χ0) is 26.6. The maximum Gasteiger partial charge on any atom is 0.254 e. The number of halogens is 2. The first-order valence-corrected chi connectivity index (χ1v) is 14.0. The fraction of sp³-hybridized carbons (Fsp3) is 0.333. The van der Waals surface area contributed by atoms with Crippen molar-refractivity contribution in [3.05, 3.63) is 81.8 Å². The molecule has 0 atom stereocenters. The van der Waals surface area contributed by atoms with Crippen molar-refractivity contribution in [2.45, 2.75) is 58.0 Å². The van der Waals surface area contributed by atoms with E-state index in [9.17, 15) is 4.79 Å². The molecule has 8 heteroatoms. The molecular weight excluding hydrogens is 519 g/mol. The molecule has 5 rings (SSSR count). The standard InChI is InChI=1S/C30H32Cl2N4O2/c1-2-15-35(23-9-4-3-5-10-23)29(37)21-8-6-7-20(16-21)19-36-27-18-24(12-14-26(27)34-30(36)33)38-28-17-22(31)11-13-25(28)32/h6-8,11-14,16-18,23H,2-5,9-10,15,19H2,1H3,(H2,33,34). The van der Waals surface area contributed by atoms with Crippen molar-refractivity contribution in [3.8, 4) is 11.5 Å². The smallest absolute Gasteiger partial charge is 0.254 e. The molecule has 0 unspecified atom stereocenters. The topological polar surface area (TPSA) is 73.4 Å². The summed E-state index contributed by atoms with van der Waals surface area (Å²) in [6.45, 7) is 3.39. The van der Waals surface area contributed by atoms with Crippen molar-refractivity contribution < 1.29 is 9.53 Å². The number of rotatable bonds is 8. The van der Waals surface area contributed by atoms with Crippen LogP contribution in [0.1, 0.15) is 61.4 Å². The fourth-order valence-electron chi connectivity index (χ4n) is 5.27. The Morgan fingerprint density at radius 2 is 1.89 bits per heavy atom. The number of fused-ring (bicyclic) bond motifs is 1. The molecule has 0 spiro atoms. The van der Waals surface area contributed by atoms with Crippen LogP contribution < -0.4 is 10.5 Å². The predicted molar refractivity (Wildman–Crippen MR) is 154 cm³/mol. The predicted octanol–water partition coefficient (Wildman–Crippen LogP) is 7.95. The molecule has 0 saturated heterocycles. The number of carbonyl (C=O) groups excluding carboxylic acids is 1. The average Bonchev–Trinajstić information content (AvgIpc) is 3.23. The summed E-state index contributed by atoms with van der Waals surface area (Å²) in [6, 6.07) is 18.8. The molecule has 1 heterocycles. The Hall–Kier alpha value is -3.22. The fourth-order valence-corrected chi connectivity index (χ4v) is 5.59. The molecule has 2 N–H and O–H groups in total. The number of nitrogens with zero attached hydrogens (tertiary/aromatic N) is 3. The summed E-state index contributed by atoms with van der Waals surface area (Å²) in [5, 5.41) is 1.00. The van der Waals surface area contributed by atoms with Gasteiger partial charge < -0.3 is 19.9 Å². The Morgan fingerprint density at radius 1 is 1.08 bits per heavy atom. The minimum absolute atomic E-state index is 0.109. The van der Waals surface area contributed by atoms with Crippen LogP contribution in [0, 0.1) is 0 Å². The van der Waals surface area contributed by atoms with Crippen LogP contribution in [-0.2, 0) is 6.54 Å². The third kappa shape index (κ3) is 5.77. The summed E-state index contributed by atoms with van der Waals surface area (Å²) in [5.74, 6) is 1.57. The molecule has 1 amide bonds. The summed E-state index contributed by atoms with van der Waals surface area (Å²) < 4.78 is 7.95. The Morgan fingerprint density at radius 3 is 2.68 bits per heavy atom. The zero-order valence-electron chi connectivity index (χ0n) is 21.5. The third-order valence-electron chi connectivity index (χ3n) is 7.13. The number of hydrogen-bond acceptors (Lipinski definition) is 4. The van der Waals surface area contributed by atoms with Crippen LogP contribution in [0.2, 0.25) is 10.0 Å². The molecule has 3 aromatic carbocycles. The molecule has 1 saturated carbocycles. The van der Waals surface area contributed by atoms with E-state index in [1.807, 2.05) is 47.0 Å². The normalized spacial score (nSPS) is 14.1. The maximum atomic E-state index is 13.6. The highest BCUT2D eigenvalue weighted by atomic mass is 35.5. The number of ether oxygens (including phenoxy) is 1. The van der Waals surface area contributed by atoms with E-state index in [1.54, 1.807) is 18.2 Å². The molecule has 38 heavy (non-hydrogen) atoms. The Bertz CT molecular complexity index is 1450. The van der Waals surface area contributed by atoms with Gasteiger partial charge in [-0.3, -0.25) is 4.79 Å². The lowest BCUT2D eigenvalue weighted by Gasteiger charge is -2.34. The highest BCUT2D eigenvalue weighted by Crippen LogP contribution is 2.34. The second kappa shape index (κ2) is 11.7. The van der Waals surface area contributed by atoms with Crippen LogP contribution in [0.3, 0.4) is 0 Å². The van der Waals surface area contributed by atoms with Gasteiger partial charge in [0.05, 0.1) is 22.6 Å². The first-order chi connectivity index (χ1) is 18.4. The van der Waals surface area contributed by atoms with Gasteiger partial charge in [-0.15, -0.1) is 0 Å². The van der Waals surface area contributed by atoms with E-state index in [4.69, 9.17) is 33.7 Å². The monoisotopic (exact) mass is 550 g/mol. The largest absolute Gasteiger partial charge is 0.456 e. The molecule has 1 aromatic heterocycles. The van der Waals surface area contributed by atoms with Crippen molar-refractivity contribution >= 4 is 46.1 Å². The Balaban J connectivity index is 1.41. The van der Waals surface area contributed by atoms with Gasteiger partial charge in [-0.2, -0.15) is 0 Å². The van der Waals surface area contributed by atoms with Crippen molar-refractivity contribution in [2.24, 2.45) is 0 Å². The van der Waals surface area contributed by atoms with E-state index in [1.165, 1.54) is 19.3 Å². The van der Waals surface area contributed by atoms with E-state index in [0.717, 1.165) is 42.4 Å². The van der Waals surface area contributed by atoms with Gasteiger partial charge in [-0.1, -0.05) is 61.5 Å². The number of carbonyl (C=O) groups is 1. The highest BCUT2D eigenvalue weighted by Gasteiger charge is 2.25. The number of nitrogen functional groups attached to an aromatic ring is 1. The molecule has 198 valence electrons. The maximum absolute atomic E-state index is 13.6. The van der Waals surface area contributed by atoms with E-state index >= 15 is 0 Å². The number of nitrogens with two attached hydrogens (primary N) is 1. The van der Waals surface area contributed by atoms with E-state index in [2.05, 4.69) is 16.8 Å². The number of amides is 1. The van der Waals surface area contributed by atoms with Crippen LogP contribution in [0.5, 0.6) is 11.5 Å². The summed E-state index contributed by atoms with van der Waals surface area (Å²) >= 11 is 12.4. The minimum atomic E-state index is 0.109. The zero-order valence-corrected chi connectivity index (χ0v) is 23.0. The van der Waals surface area contributed by atoms with Crippen LogP contribution in [0.4, 0.5) is 5.95 Å². The summed E-state index contributed by atoms with van der Waals surface area (Å²) in [4.78, 5) is 20.2. The molecule has 0 bridgehead atoms. The number of aromatic nitrogens is 2. The second-order valence-electron chi connectivity index (χ2n) is 9.87. The van der Waals surface area contributed by atoms with Crippen molar-refractivity contribution in [2.75, 3.05) is 12.3 Å². The van der Waals surface area contributed by atoms with Gasteiger partial charge in [-0.25, -0.2) is 4.98 Å². The van der Waals surface area contributed by atoms with Gasteiger partial charge in [0.15, 0.2) is 0 Å². The second-order valence-corrected chi connectivity index (χ2v) is 10.7. The summed E-state index contributed by atoms with van der Waals surface area (Å²) in [6.07, 6.45) is 6.78. The van der Waals surface area contributed by atoms with Crippen LogP contribution >= 0.6 is 23.2 Å². The lowest BCUT2D eigenvalue weighted by Crippen LogP contribution is -2.42. The molecule has 0 aliphatic heterocycles. The van der Waals surface area contributed by atoms with Crippen molar-refractivity contribution in [3.63, 3.8) is 0 Å².